The second-order valence-electron chi connectivity index (χ2n) is 4.11. The van der Waals surface area contributed by atoms with Gasteiger partial charge in [-0.1, -0.05) is 0 Å². The highest BCUT2D eigenvalue weighted by molar-refractivity contribution is 5.91. The molecule has 0 fully saturated rings. The molecule has 7 heteroatoms. The maximum absolute atomic E-state index is 11.9. The number of ether oxygens (including phenoxy) is 2. The van der Waals surface area contributed by atoms with E-state index in [0.717, 1.165) is 0 Å². The standard InChI is InChI=1S/C13H14N2O5/c1-8-10(6-14-15(8)2)12(16)20-7-9-4-5-19-11(9)13(17)18-3/h4-6H,7H2,1-3H3. The Morgan fingerprint density at radius 1 is 1.40 bits per heavy atom. The van der Waals surface area contributed by atoms with Crippen molar-refractivity contribution in [1.29, 1.82) is 0 Å². The Morgan fingerprint density at radius 3 is 2.75 bits per heavy atom. The van der Waals surface area contributed by atoms with E-state index in [0.29, 0.717) is 16.8 Å². The van der Waals surface area contributed by atoms with Crippen molar-refractivity contribution >= 4 is 11.9 Å². The fourth-order valence-corrected chi connectivity index (χ4v) is 1.64. The van der Waals surface area contributed by atoms with Crippen LogP contribution in [0.25, 0.3) is 0 Å². The lowest BCUT2D eigenvalue weighted by Gasteiger charge is -2.04. The summed E-state index contributed by atoms with van der Waals surface area (Å²) in [4.78, 5) is 23.3. The first-order valence-corrected chi connectivity index (χ1v) is 5.85. The summed E-state index contributed by atoms with van der Waals surface area (Å²) < 4.78 is 16.3. The maximum atomic E-state index is 11.9. The first-order chi connectivity index (χ1) is 9.54. The summed E-state index contributed by atoms with van der Waals surface area (Å²) in [6, 6.07) is 1.55. The van der Waals surface area contributed by atoms with Gasteiger partial charge in [0.1, 0.15) is 12.2 Å². The molecule has 0 unspecified atom stereocenters. The molecule has 0 N–H and O–H groups in total. The Kier molecular flexibility index (Phi) is 3.88. The van der Waals surface area contributed by atoms with E-state index in [-0.39, 0.29) is 12.4 Å². The molecule has 106 valence electrons. The minimum Gasteiger partial charge on any atom is -0.463 e. The molecule has 2 aromatic rings. The van der Waals surface area contributed by atoms with Crippen molar-refractivity contribution < 1.29 is 23.5 Å². The van der Waals surface area contributed by atoms with Crippen molar-refractivity contribution in [2.75, 3.05) is 7.11 Å². The molecular formula is C13H14N2O5. The van der Waals surface area contributed by atoms with E-state index in [1.807, 2.05) is 0 Å². The van der Waals surface area contributed by atoms with Gasteiger partial charge < -0.3 is 13.9 Å². The summed E-state index contributed by atoms with van der Waals surface area (Å²) in [6.45, 7) is 1.69. The highest BCUT2D eigenvalue weighted by atomic mass is 16.5. The fourth-order valence-electron chi connectivity index (χ4n) is 1.64. The van der Waals surface area contributed by atoms with Crippen molar-refractivity contribution in [2.24, 2.45) is 7.05 Å². The zero-order chi connectivity index (χ0) is 14.7. The lowest BCUT2D eigenvalue weighted by atomic mass is 10.2. The van der Waals surface area contributed by atoms with Gasteiger partial charge in [0.15, 0.2) is 0 Å². The van der Waals surface area contributed by atoms with Crippen LogP contribution < -0.4 is 0 Å². The molecule has 0 amide bonds. The topological polar surface area (TPSA) is 83.6 Å². The summed E-state index contributed by atoms with van der Waals surface area (Å²) in [5.74, 6) is -1.09. The van der Waals surface area contributed by atoms with Gasteiger partial charge in [-0.3, -0.25) is 4.68 Å². The van der Waals surface area contributed by atoms with Crippen molar-refractivity contribution in [3.05, 3.63) is 41.1 Å². The first-order valence-electron chi connectivity index (χ1n) is 5.85. The number of carbonyl (C=O) groups is 2. The molecule has 0 aromatic carbocycles. The summed E-state index contributed by atoms with van der Waals surface area (Å²) in [6.07, 6.45) is 2.78. The number of esters is 2. The zero-order valence-electron chi connectivity index (χ0n) is 11.4. The third kappa shape index (κ3) is 2.56. The van der Waals surface area contributed by atoms with Crippen LogP contribution in [0.5, 0.6) is 0 Å². The SMILES string of the molecule is COC(=O)c1occc1COC(=O)c1cnn(C)c1C. The molecule has 0 saturated heterocycles. The van der Waals surface area contributed by atoms with Gasteiger partial charge in [-0.15, -0.1) is 0 Å². The molecule has 2 rings (SSSR count). The number of aryl methyl sites for hydroxylation is 1. The van der Waals surface area contributed by atoms with Gasteiger partial charge in [0.25, 0.3) is 0 Å². The number of aromatic nitrogens is 2. The van der Waals surface area contributed by atoms with Crippen LogP contribution in [0.3, 0.4) is 0 Å². The van der Waals surface area contributed by atoms with Gasteiger partial charge >= 0.3 is 11.9 Å². The van der Waals surface area contributed by atoms with E-state index < -0.39 is 11.9 Å². The number of nitrogens with zero attached hydrogens (tertiary/aromatic N) is 2. The molecule has 0 aliphatic carbocycles. The molecule has 2 heterocycles. The van der Waals surface area contributed by atoms with Crippen LogP contribution in [0, 0.1) is 6.92 Å². The molecule has 0 saturated carbocycles. The van der Waals surface area contributed by atoms with E-state index in [1.54, 1.807) is 24.7 Å². The van der Waals surface area contributed by atoms with Gasteiger partial charge in [-0.05, 0) is 13.0 Å². The molecule has 2 aromatic heterocycles. The Labute approximate surface area is 115 Å². The summed E-state index contributed by atoms with van der Waals surface area (Å²) >= 11 is 0. The van der Waals surface area contributed by atoms with Gasteiger partial charge in [-0.2, -0.15) is 5.10 Å². The largest absolute Gasteiger partial charge is 0.463 e. The highest BCUT2D eigenvalue weighted by Gasteiger charge is 2.19. The monoisotopic (exact) mass is 278 g/mol. The average molecular weight is 278 g/mol. The molecule has 0 bridgehead atoms. The van der Waals surface area contributed by atoms with Crippen LogP contribution in [0.15, 0.2) is 22.9 Å². The van der Waals surface area contributed by atoms with Crippen molar-refractivity contribution in [3.8, 4) is 0 Å². The molecular weight excluding hydrogens is 264 g/mol. The molecule has 0 radical (unpaired) electrons. The first kappa shape index (κ1) is 13.9. The van der Waals surface area contributed by atoms with Gasteiger partial charge in [0.05, 0.1) is 19.6 Å². The quantitative estimate of drug-likeness (QED) is 0.787. The summed E-state index contributed by atoms with van der Waals surface area (Å²) in [5, 5.41) is 3.96. The van der Waals surface area contributed by atoms with E-state index >= 15 is 0 Å². The van der Waals surface area contributed by atoms with E-state index in [2.05, 4.69) is 9.84 Å². The normalized spacial score (nSPS) is 10.3. The second kappa shape index (κ2) is 5.60. The average Bonchev–Trinajstić information content (AvgIpc) is 3.03. The minimum atomic E-state index is -0.612. The predicted octanol–water partition coefficient (Wildman–Crippen LogP) is 1.47. The van der Waals surface area contributed by atoms with Crippen LogP contribution in [0.2, 0.25) is 0 Å². The van der Waals surface area contributed by atoms with Crippen molar-refractivity contribution in [1.82, 2.24) is 9.78 Å². The third-order valence-corrected chi connectivity index (χ3v) is 2.93. The molecule has 0 aliphatic rings. The highest BCUT2D eigenvalue weighted by Crippen LogP contribution is 2.15. The number of rotatable bonds is 4. The number of hydrogen-bond acceptors (Lipinski definition) is 6. The predicted molar refractivity (Wildman–Crippen MR) is 67.1 cm³/mol. The molecule has 7 nitrogen and oxygen atoms in total. The van der Waals surface area contributed by atoms with Crippen molar-refractivity contribution in [3.63, 3.8) is 0 Å². The Bertz CT molecular complexity index is 641. The Hall–Kier alpha value is -2.57. The smallest absolute Gasteiger partial charge is 0.374 e. The van der Waals surface area contributed by atoms with Gasteiger partial charge in [0.2, 0.25) is 5.76 Å². The van der Waals surface area contributed by atoms with E-state index in [4.69, 9.17) is 9.15 Å². The Balaban J connectivity index is 2.06. The summed E-state index contributed by atoms with van der Waals surface area (Å²) in [5.41, 5.74) is 1.54. The fraction of sp³-hybridized carbons (Fsp3) is 0.308. The maximum Gasteiger partial charge on any atom is 0.374 e. The van der Waals surface area contributed by atoms with Crippen LogP contribution in [-0.4, -0.2) is 28.8 Å². The number of carbonyl (C=O) groups excluding carboxylic acids is 2. The minimum absolute atomic E-state index is 0.0307. The lowest BCUT2D eigenvalue weighted by molar-refractivity contribution is 0.0452. The zero-order valence-corrected chi connectivity index (χ0v) is 11.4. The number of methoxy groups -OCH3 is 1. The van der Waals surface area contributed by atoms with Crippen LogP contribution >= 0.6 is 0 Å². The van der Waals surface area contributed by atoms with E-state index in [9.17, 15) is 9.59 Å². The second-order valence-corrected chi connectivity index (χ2v) is 4.11. The molecule has 0 aliphatic heterocycles. The lowest BCUT2D eigenvalue weighted by Crippen LogP contribution is -2.09. The summed E-state index contributed by atoms with van der Waals surface area (Å²) in [7, 11) is 2.98. The molecule has 0 spiro atoms. The van der Waals surface area contributed by atoms with Crippen LogP contribution in [-0.2, 0) is 23.1 Å². The van der Waals surface area contributed by atoms with Crippen LogP contribution in [0.1, 0.15) is 32.2 Å². The van der Waals surface area contributed by atoms with Gasteiger partial charge in [-0.25, -0.2) is 9.59 Å². The molecule has 20 heavy (non-hydrogen) atoms. The van der Waals surface area contributed by atoms with Gasteiger partial charge in [0, 0.05) is 18.3 Å². The van der Waals surface area contributed by atoms with Crippen molar-refractivity contribution in [2.45, 2.75) is 13.5 Å². The van der Waals surface area contributed by atoms with E-state index in [1.165, 1.54) is 19.6 Å². The van der Waals surface area contributed by atoms with Crippen LogP contribution in [0.4, 0.5) is 0 Å². The third-order valence-electron chi connectivity index (χ3n) is 2.93. The molecule has 0 atom stereocenters. The number of hydrogen-bond donors (Lipinski definition) is 0. The Morgan fingerprint density at radius 2 is 2.15 bits per heavy atom. The number of furan rings is 1.